The molecule has 23 heavy (non-hydrogen) atoms. The maximum atomic E-state index is 12.2. The number of methoxy groups -OCH3 is 1. The predicted molar refractivity (Wildman–Crippen MR) is 86.7 cm³/mol. The van der Waals surface area contributed by atoms with Crippen LogP contribution >= 0.6 is 0 Å². The minimum atomic E-state index is -0.0540. The maximum Gasteiger partial charge on any atom is 0.270 e. The molecule has 0 saturated heterocycles. The standard InChI is InChI=1S/C17H24N4O2/c1-23-12-6-4-11(5-7-12)19-16-13-8-9-18-17(22)14(13)20-15(21-16)10-2-3-10/h10-12H,2-9H2,1H3,(H,18,22)(H,19,20,21). The highest BCUT2D eigenvalue weighted by atomic mass is 16.5. The van der Waals surface area contributed by atoms with Gasteiger partial charge in [-0.25, -0.2) is 9.97 Å². The fourth-order valence-corrected chi connectivity index (χ4v) is 3.59. The number of aromatic nitrogens is 2. The third-order valence-corrected chi connectivity index (χ3v) is 5.19. The second kappa shape index (κ2) is 6.07. The number of ether oxygens (including phenoxy) is 1. The average Bonchev–Trinajstić information content (AvgIpc) is 3.41. The van der Waals surface area contributed by atoms with Crippen LogP contribution < -0.4 is 10.6 Å². The van der Waals surface area contributed by atoms with Gasteiger partial charge in [-0.2, -0.15) is 0 Å². The van der Waals surface area contributed by atoms with Crippen LogP contribution in [0.5, 0.6) is 0 Å². The largest absolute Gasteiger partial charge is 0.381 e. The molecule has 2 heterocycles. The minimum absolute atomic E-state index is 0.0540. The van der Waals surface area contributed by atoms with Gasteiger partial charge in [-0.3, -0.25) is 4.79 Å². The zero-order chi connectivity index (χ0) is 15.8. The third-order valence-electron chi connectivity index (χ3n) is 5.19. The fraction of sp³-hybridized carbons (Fsp3) is 0.706. The van der Waals surface area contributed by atoms with E-state index in [-0.39, 0.29) is 5.91 Å². The number of carbonyl (C=O) groups is 1. The first-order valence-electron chi connectivity index (χ1n) is 8.73. The molecule has 1 aromatic rings. The summed E-state index contributed by atoms with van der Waals surface area (Å²) in [5.41, 5.74) is 1.58. The van der Waals surface area contributed by atoms with Crippen molar-refractivity contribution in [1.29, 1.82) is 0 Å². The van der Waals surface area contributed by atoms with E-state index in [9.17, 15) is 4.79 Å². The van der Waals surface area contributed by atoms with E-state index >= 15 is 0 Å². The molecule has 0 aromatic carbocycles. The molecule has 2 saturated carbocycles. The highest BCUT2D eigenvalue weighted by Crippen LogP contribution is 2.39. The van der Waals surface area contributed by atoms with Crippen molar-refractivity contribution in [1.82, 2.24) is 15.3 Å². The molecule has 1 aromatic heterocycles. The Morgan fingerprint density at radius 1 is 1.13 bits per heavy atom. The van der Waals surface area contributed by atoms with E-state index < -0.39 is 0 Å². The second-order valence-electron chi connectivity index (χ2n) is 6.89. The van der Waals surface area contributed by atoms with Gasteiger partial charge in [-0.15, -0.1) is 0 Å². The lowest BCUT2D eigenvalue weighted by atomic mass is 9.92. The Labute approximate surface area is 136 Å². The molecule has 0 unspecified atom stereocenters. The first-order chi connectivity index (χ1) is 11.2. The molecule has 6 heteroatoms. The van der Waals surface area contributed by atoms with Crippen molar-refractivity contribution in [3.05, 3.63) is 17.1 Å². The van der Waals surface area contributed by atoms with Crippen molar-refractivity contribution in [2.75, 3.05) is 19.0 Å². The van der Waals surface area contributed by atoms with Gasteiger partial charge < -0.3 is 15.4 Å². The highest BCUT2D eigenvalue weighted by Gasteiger charge is 2.32. The van der Waals surface area contributed by atoms with Crippen LogP contribution in [0.25, 0.3) is 0 Å². The fourth-order valence-electron chi connectivity index (χ4n) is 3.59. The summed E-state index contributed by atoms with van der Waals surface area (Å²) >= 11 is 0. The molecule has 1 amide bonds. The van der Waals surface area contributed by atoms with Crippen LogP contribution in [0.2, 0.25) is 0 Å². The lowest BCUT2D eigenvalue weighted by Gasteiger charge is -2.30. The first kappa shape index (κ1) is 14.9. The van der Waals surface area contributed by atoms with Gasteiger partial charge in [0.1, 0.15) is 17.3 Å². The molecular weight excluding hydrogens is 292 g/mol. The van der Waals surface area contributed by atoms with Gasteiger partial charge in [-0.1, -0.05) is 0 Å². The van der Waals surface area contributed by atoms with Crippen LogP contribution in [-0.4, -0.2) is 41.7 Å². The van der Waals surface area contributed by atoms with E-state index in [0.717, 1.165) is 62.2 Å². The topological polar surface area (TPSA) is 76.1 Å². The summed E-state index contributed by atoms with van der Waals surface area (Å²) in [6.45, 7) is 0.670. The van der Waals surface area contributed by atoms with Gasteiger partial charge in [0, 0.05) is 31.2 Å². The molecule has 0 atom stereocenters. The number of rotatable bonds is 4. The molecule has 1 aliphatic heterocycles. The lowest BCUT2D eigenvalue weighted by Crippen LogP contribution is -2.35. The number of hydrogen-bond donors (Lipinski definition) is 2. The summed E-state index contributed by atoms with van der Waals surface area (Å²) in [5, 5.41) is 6.51. The van der Waals surface area contributed by atoms with E-state index in [1.54, 1.807) is 7.11 Å². The lowest BCUT2D eigenvalue weighted by molar-refractivity contribution is 0.0681. The van der Waals surface area contributed by atoms with Gasteiger partial charge in [0.05, 0.1) is 6.10 Å². The molecule has 3 aliphatic rings. The van der Waals surface area contributed by atoms with Crippen molar-refractivity contribution in [2.45, 2.75) is 63.0 Å². The van der Waals surface area contributed by atoms with Gasteiger partial charge in [0.15, 0.2) is 0 Å². The van der Waals surface area contributed by atoms with Crippen LogP contribution in [0.15, 0.2) is 0 Å². The number of hydrogen-bond acceptors (Lipinski definition) is 5. The third kappa shape index (κ3) is 3.04. The van der Waals surface area contributed by atoms with E-state index in [2.05, 4.69) is 15.6 Å². The number of amides is 1. The predicted octanol–water partition coefficient (Wildman–Crippen LogP) is 2.01. The zero-order valence-electron chi connectivity index (χ0n) is 13.6. The van der Waals surface area contributed by atoms with Crippen LogP contribution in [0.1, 0.15) is 66.3 Å². The molecule has 6 nitrogen and oxygen atoms in total. The van der Waals surface area contributed by atoms with Gasteiger partial charge in [0.2, 0.25) is 0 Å². The van der Waals surface area contributed by atoms with Gasteiger partial charge in [-0.05, 0) is 44.9 Å². The number of anilines is 1. The Bertz CT molecular complexity index is 607. The van der Waals surface area contributed by atoms with Crippen molar-refractivity contribution in [2.24, 2.45) is 0 Å². The Hall–Kier alpha value is -1.69. The molecule has 0 bridgehead atoms. The normalized spacial score (nSPS) is 27.3. The molecule has 4 rings (SSSR count). The molecule has 2 fully saturated rings. The number of nitrogens with zero attached hydrogens (tertiary/aromatic N) is 2. The summed E-state index contributed by atoms with van der Waals surface area (Å²) in [7, 11) is 1.79. The number of fused-ring (bicyclic) bond motifs is 1. The van der Waals surface area contributed by atoms with Gasteiger partial charge in [0.25, 0.3) is 5.91 Å². The van der Waals surface area contributed by atoms with Crippen molar-refractivity contribution in [3.8, 4) is 0 Å². The van der Waals surface area contributed by atoms with Crippen LogP contribution in [-0.2, 0) is 11.2 Å². The second-order valence-corrected chi connectivity index (χ2v) is 6.89. The average molecular weight is 316 g/mol. The Morgan fingerprint density at radius 2 is 1.91 bits per heavy atom. The molecule has 2 N–H and O–H groups in total. The van der Waals surface area contributed by atoms with Gasteiger partial charge >= 0.3 is 0 Å². The number of carbonyl (C=O) groups excluding carboxylic acids is 1. The summed E-state index contributed by atoms with van der Waals surface area (Å²) < 4.78 is 5.45. The first-order valence-corrected chi connectivity index (χ1v) is 8.73. The molecule has 124 valence electrons. The van der Waals surface area contributed by atoms with Crippen LogP contribution in [0.4, 0.5) is 5.82 Å². The van der Waals surface area contributed by atoms with Crippen molar-refractivity contribution in [3.63, 3.8) is 0 Å². The van der Waals surface area contributed by atoms with E-state index in [4.69, 9.17) is 9.72 Å². The van der Waals surface area contributed by atoms with Crippen molar-refractivity contribution < 1.29 is 9.53 Å². The maximum absolute atomic E-state index is 12.2. The number of nitrogens with one attached hydrogen (secondary N) is 2. The minimum Gasteiger partial charge on any atom is -0.381 e. The van der Waals surface area contributed by atoms with E-state index in [0.29, 0.717) is 30.3 Å². The Morgan fingerprint density at radius 3 is 2.61 bits per heavy atom. The van der Waals surface area contributed by atoms with Crippen molar-refractivity contribution >= 4 is 11.7 Å². The Kier molecular flexibility index (Phi) is 3.93. The summed E-state index contributed by atoms with van der Waals surface area (Å²) in [6.07, 6.45) is 7.80. The molecule has 0 spiro atoms. The van der Waals surface area contributed by atoms with E-state index in [1.807, 2.05) is 0 Å². The highest BCUT2D eigenvalue weighted by molar-refractivity contribution is 5.96. The molecular formula is C17H24N4O2. The summed E-state index contributed by atoms with van der Waals surface area (Å²) in [5.74, 6) is 2.13. The van der Waals surface area contributed by atoms with E-state index in [1.165, 1.54) is 0 Å². The smallest absolute Gasteiger partial charge is 0.270 e. The van der Waals surface area contributed by atoms with Crippen LogP contribution in [0.3, 0.4) is 0 Å². The monoisotopic (exact) mass is 316 g/mol. The Balaban J connectivity index is 1.58. The molecule has 0 radical (unpaired) electrons. The zero-order valence-corrected chi connectivity index (χ0v) is 13.6. The van der Waals surface area contributed by atoms with Crippen LogP contribution in [0, 0.1) is 0 Å². The SMILES string of the molecule is COC1CCC(Nc2nc(C3CC3)nc3c2CCNC3=O)CC1. The summed E-state index contributed by atoms with van der Waals surface area (Å²) in [4.78, 5) is 21.5. The molecule has 2 aliphatic carbocycles. The summed E-state index contributed by atoms with van der Waals surface area (Å²) in [6, 6.07) is 0.414. The quantitative estimate of drug-likeness (QED) is 0.888.